The van der Waals surface area contributed by atoms with Crippen molar-refractivity contribution < 1.29 is 5.11 Å². The highest BCUT2D eigenvalue weighted by atomic mass is 16.3. The van der Waals surface area contributed by atoms with E-state index >= 15 is 0 Å². The van der Waals surface area contributed by atoms with Crippen LogP contribution in [0.3, 0.4) is 0 Å². The molecule has 0 aromatic carbocycles. The average Bonchev–Trinajstić information content (AvgIpc) is 2.37. The maximum atomic E-state index is 10.2. The molecule has 1 saturated carbocycles. The first-order valence-electron chi connectivity index (χ1n) is 8.16. The van der Waals surface area contributed by atoms with Crippen LogP contribution in [0.4, 0.5) is 0 Å². The van der Waals surface area contributed by atoms with Gasteiger partial charge in [-0.25, -0.2) is 0 Å². The molecular formula is C17H28N2O. The van der Waals surface area contributed by atoms with Crippen LogP contribution in [0.15, 0.2) is 23.4 Å². The van der Waals surface area contributed by atoms with Crippen LogP contribution in [0.25, 0.3) is 0 Å². The van der Waals surface area contributed by atoms with Crippen molar-refractivity contribution in [3.05, 3.63) is 23.4 Å². The van der Waals surface area contributed by atoms with Gasteiger partial charge in [0.2, 0.25) is 0 Å². The first kappa shape index (κ1) is 14.2. The van der Waals surface area contributed by atoms with Crippen molar-refractivity contribution in [1.29, 1.82) is 0 Å². The third-order valence-electron chi connectivity index (χ3n) is 5.10. The van der Waals surface area contributed by atoms with Gasteiger partial charge >= 0.3 is 0 Å². The van der Waals surface area contributed by atoms with Gasteiger partial charge in [-0.2, -0.15) is 0 Å². The maximum Gasteiger partial charge on any atom is 0.0838 e. The van der Waals surface area contributed by atoms with Crippen LogP contribution in [0, 0.1) is 0 Å². The Morgan fingerprint density at radius 3 is 2.40 bits per heavy atom. The molecule has 1 aliphatic heterocycles. The molecule has 0 aromatic heterocycles. The van der Waals surface area contributed by atoms with Gasteiger partial charge in [-0.3, -0.25) is 4.90 Å². The summed E-state index contributed by atoms with van der Waals surface area (Å²) in [4.78, 5) is 5.21. The van der Waals surface area contributed by atoms with E-state index in [-0.39, 0.29) is 0 Å². The number of nitrogens with zero attached hydrogens (tertiary/aromatic N) is 2. The van der Waals surface area contributed by atoms with E-state index in [0.29, 0.717) is 0 Å². The molecule has 2 aliphatic carbocycles. The van der Waals surface area contributed by atoms with Gasteiger partial charge in [0, 0.05) is 37.9 Å². The highest BCUT2D eigenvalue weighted by Crippen LogP contribution is 2.30. The van der Waals surface area contributed by atoms with E-state index in [9.17, 15) is 5.11 Å². The molecule has 1 saturated heterocycles. The second-order valence-corrected chi connectivity index (χ2v) is 7.00. The summed E-state index contributed by atoms with van der Waals surface area (Å²) >= 11 is 0. The monoisotopic (exact) mass is 276 g/mol. The van der Waals surface area contributed by atoms with Crippen molar-refractivity contribution >= 4 is 0 Å². The lowest BCUT2D eigenvalue weighted by molar-refractivity contribution is 0.0727. The molecule has 0 radical (unpaired) electrons. The Morgan fingerprint density at radius 2 is 1.85 bits per heavy atom. The van der Waals surface area contributed by atoms with Crippen LogP contribution in [0.1, 0.15) is 46.0 Å². The van der Waals surface area contributed by atoms with Gasteiger partial charge < -0.3 is 10.0 Å². The lowest BCUT2D eigenvalue weighted by Gasteiger charge is -2.44. The van der Waals surface area contributed by atoms with E-state index in [1.165, 1.54) is 38.0 Å². The highest BCUT2D eigenvalue weighted by molar-refractivity contribution is 5.33. The number of hydrogen-bond acceptors (Lipinski definition) is 3. The molecule has 112 valence electrons. The Kier molecular flexibility index (Phi) is 3.91. The summed E-state index contributed by atoms with van der Waals surface area (Å²) in [5.41, 5.74) is 1.80. The Bertz CT molecular complexity index is 407. The van der Waals surface area contributed by atoms with E-state index in [4.69, 9.17) is 0 Å². The lowest BCUT2D eigenvalue weighted by atomic mass is 9.90. The van der Waals surface area contributed by atoms with Gasteiger partial charge in [0.1, 0.15) is 0 Å². The van der Waals surface area contributed by atoms with Crippen LogP contribution in [0.2, 0.25) is 0 Å². The van der Waals surface area contributed by atoms with Crippen molar-refractivity contribution in [1.82, 2.24) is 9.80 Å². The number of allylic oxidation sites excluding steroid dienone is 2. The third kappa shape index (κ3) is 2.94. The standard InChI is InChI=1S/C17H28N2O/c1-17(2,20)14-5-3-8-16(13-14)19-11-9-18(10-12-19)15-6-4-7-15/h5,13,15,20H,3-4,6-12H2,1-2H3. The minimum atomic E-state index is -0.709. The van der Waals surface area contributed by atoms with Crippen LogP contribution >= 0.6 is 0 Å². The summed E-state index contributed by atoms with van der Waals surface area (Å²) in [5.74, 6) is 0. The molecule has 0 bridgehead atoms. The quantitative estimate of drug-likeness (QED) is 0.858. The fourth-order valence-electron chi connectivity index (χ4n) is 3.49. The number of aliphatic hydroxyl groups is 1. The van der Waals surface area contributed by atoms with Gasteiger partial charge in [0.15, 0.2) is 0 Å². The first-order chi connectivity index (χ1) is 9.54. The molecule has 0 unspecified atom stereocenters. The van der Waals surface area contributed by atoms with Gasteiger partial charge in [0.05, 0.1) is 5.60 Å². The molecule has 3 heteroatoms. The molecule has 3 rings (SSSR count). The van der Waals surface area contributed by atoms with Crippen molar-refractivity contribution in [2.45, 2.75) is 57.6 Å². The van der Waals surface area contributed by atoms with Crippen LogP contribution in [0.5, 0.6) is 0 Å². The predicted molar refractivity (Wildman–Crippen MR) is 82.5 cm³/mol. The Balaban J connectivity index is 1.60. The molecule has 0 atom stereocenters. The van der Waals surface area contributed by atoms with Crippen molar-refractivity contribution in [3.8, 4) is 0 Å². The number of piperazine rings is 1. The van der Waals surface area contributed by atoms with E-state index in [0.717, 1.165) is 37.5 Å². The van der Waals surface area contributed by atoms with Gasteiger partial charge in [-0.1, -0.05) is 12.5 Å². The summed E-state index contributed by atoms with van der Waals surface area (Å²) < 4.78 is 0. The van der Waals surface area contributed by atoms with Crippen LogP contribution in [-0.2, 0) is 0 Å². The average molecular weight is 276 g/mol. The Labute approximate surface area is 122 Å². The van der Waals surface area contributed by atoms with E-state index in [2.05, 4.69) is 22.0 Å². The van der Waals surface area contributed by atoms with E-state index in [1.54, 1.807) is 0 Å². The van der Waals surface area contributed by atoms with E-state index in [1.807, 2.05) is 13.8 Å². The van der Waals surface area contributed by atoms with Gasteiger partial charge in [-0.15, -0.1) is 0 Å². The summed E-state index contributed by atoms with van der Waals surface area (Å²) in [7, 11) is 0. The summed E-state index contributed by atoms with van der Waals surface area (Å²) in [6, 6.07) is 0.879. The van der Waals surface area contributed by atoms with Crippen molar-refractivity contribution in [3.63, 3.8) is 0 Å². The highest BCUT2D eigenvalue weighted by Gasteiger charge is 2.29. The maximum absolute atomic E-state index is 10.2. The van der Waals surface area contributed by atoms with E-state index < -0.39 is 5.60 Å². The predicted octanol–water partition coefficient (Wildman–Crippen LogP) is 2.53. The summed E-state index contributed by atoms with van der Waals surface area (Å²) in [6.07, 6.45) is 10.9. The summed E-state index contributed by atoms with van der Waals surface area (Å²) in [6.45, 7) is 8.50. The first-order valence-corrected chi connectivity index (χ1v) is 8.16. The molecule has 2 fully saturated rings. The Hall–Kier alpha value is -0.800. The van der Waals surface area contributed by atoms with Crippen molar-refractivity contribution in [2.24, 2.45) is 0 Å². The molecule has 20 heavy (non-hydrogen) atoms. The molecule has 3 aliphatic rings. The minimum absolute atomic E-state index is 0.709. The lowest BCUT2D eigenvalue weighted by Crippen LogP contribution is -2.51. The minimum Gasteiger partial charge on any atom is -0.386 e. The second-order valence-electron chi connectivity index (χ2n) is 7.00. The Morgan fingerprint density at radius 1 is 1.15 bits per heavy atom. The molecule has 0 amide bonds. The van der Waals surface area contributed by atoms with Gasteiger partial charge in [-0.05, 0) is 51.2 Å². The zero-order valence-corrected chi connectivity index (χ0v) is 12.9. The molecule has 1 N–H and O–H groups in total. The zero-order valence-electron chi connectivity index (χ0n) is 12.9. The molecule has 3 nitrogen and oxygen atoms in total. The normalized spacial score (nSPS) is 26.1. The van der Waals surface area contributed by atoms with Crippen LogP contribution < -0.4 is 0 Å². The smallest absolute Gasteiger partial charge is 0.0838 e. The van der Waals surface area contributed by atoms with Gasteiger partial charge in [0.25, 0.3) is 0 Å². The largest absolute Gasteiger partial charge is 0.386 e. The topological polar surface area (TPSA) is 26.7 Å². The fourth-order valence-corrected chi connectivity index (χ4v) is 3.49. The molecule has 0 spiro atoms. The second kappa shape index (κ2) is 5.53. The number of rotatable bonds is 3. The molecular weight excluding hydrogens is 248 g/mol. The SMILES string of the molecule is CC(C)(O)C1=CCCC(N2CCN(C3CCC3)CC2)=C1. The molecule has 1 heterocycles. The van der Waals surface area contributed by atoms with Crippen molar-refractivity contribution in [2.75, 3.05) is 26.2 Å². The zero-order chi connectivity index (χ0) is 14.2. The fraction of sp³-hybridized carbons (Fsp3) is 0.765. The van der Waals surface area contributed by atoms with Crippen LogP contribution in [-0.4, -0.2) is 52.7 Å². The summed E-state index contributed by atoms with van der Waals surface area (Å²) in [5, 5.41) is 10.2. The molecule has 0 aromatic rings. The number of hydrogen-bond donors (Lipinski definition) is 1. The third-order valence-corrected chi connectivity index (χ3v) is 5.10.